The molecule has 1 aromatic carbocycles. The number of ether oxygens (including phenoxy) is 2. The summed E-state index contributed by atoms with van der Waals surface area (Å²) in [6, 6.07) is 3.44. The van der Waals surface area contributed by atoms with Crippen LogP contribution in [0.15, 0.2) is 16.6 Å². The van der Waals surface area contributed by atoms with Gasteiger partial charge in [-0.2, -0.15) is 0 Å². The molecule has 3 N–H and O–H groups in total. The number of hydrogen-bond acceptors (Lipinski definition) is 4. The molecule has 5 nitrogen and oxygen atoms in total. The topological polar surface area (TPSA) is 73.6 Å². The van der Waals surface area contributed by atoms with Crippen LogP contribution >= 0.6 is 15.9 Å². The smallest absolute Gasteiger partial charge is 0.234 e. The van der Waals surface area contributed by atoms with Crippen molar-refractivity contribution < 1.29 is 14.3 Å². The van der Waals surface area contributed by atoms with Crippen molar-refractivity contribution in [3.05, 3.63) is 22.2 Å². The van der Waals surface area contributed by atoms with Gasteiger partial charge in [0.15, 0.2) is 0 Å². The van der Waals surface area contributed by atoms with Gasteiger partial charge in [0, 0.05) is 10.5 Å². The van der Waals surface area contributed by atoms with E-state index in [4.69, 9.17) is 15.2 Å². The molecule has 0 aromatic heterocycles. The van der Waals surface area contributed by atoms with Gasteiger partial charge in [0.05, 0.1) is 31.4 Å². The van der Waals surface area contributed by atoms with Crippen molar-refractivity contribution in [3.8, 4) is 5.75 Å². The molecule has 0 bridgehead atoms. The van der Waals surface area contributed by atoms with Gasteiger partial charge < -0.3 is 20.5 Å². The average molecular weight is 343 g/mol. The summed E-state index contributed by atoms with van der Waals surface area (Å²) in [7, 11) is 1.57. The number of nitrogens with two attached hydrogens (primary N) is 1. The molecular formula is C14H19BrN2O3. The average Bonchev–Trinajstić information content (AvgIpc) is 2.73. The zero-order valence-electron chi connectivity index (χ0n) is 11.8. The predicted octanol–water partition coefficient (Wildman–Crippen LogP) is 2.07. The van der Waals surface area contributed by atoms with Crippen molar-refractivity contribution >= 4 is 27.5 Å². The molecular weight excluding hydrogens is 324 g/mol. The van der Waals surface area contributed by atoms with Gasteiger partial charge in [-0.1, -0.05) is 15.9 Å². The van der Waals surface area contributed by atoms with E-state index in [1.165, 1.54) is 0 Å². The van der Waals surface area contributed by atoms with Crippen LogP contribution in [0.5, 0.6) is 5.75 Å². The minimum absolute atomic E-state index is 0.147. The molecule has 20 heavy (non-hydrogen) atoms. The van der Waals surface area contributed by atoms with Gasteiger partial charge >= 0.3 is 0 Å². The van der Waals surface area contributed by atoms with E-state index < -0.39 is 5.41 Å². The Morgan fingerprint density at radius 2 is 2.30 bits per heavy atom. The summed E-state index contributed by atoms with van der Waals surface area (Å²) < 4.78 is 11.5. The first-order valence-corrected chi connectivity index (χ1v) is 7.16. The zero-order valence-corrected chi connectivity index (χ0v) is 13.4. The lowest BCUT2D eigenvalue weighted by Crippen LogP contribution is -2.47. The third kappa shape index (κ3) is 2.68. The number of amides is 1. The van der Waals surface area contributed by atoms with Gasteiger partial charge in [0.2, 0.25) is 5.91 Å². The van der Waals surface area contributed by atoms with Crippen molar-refractivity contribution in [2.45, 2.75) is 19.9 Å². The molecule has 0 aliphatic carbocycles. The van der Waals surface area contributed by atoms with E-state index in [2.05, 4.69) is 21.2 Å². The van der Waals surface area contributed by atoms with Crippen molar-refractivity contribution in [2.24, 2.45) is 11.1 Å². The Kier molecular flexibility index (Phi) is 4.36. The molecule has 6 heteroatoms. The molecule has 0 spiro atoms. The lowest BCUT2D eigenvalue weighted by atomic mass is 9.84. The maximum absolute atomic E-state index is 12.5. The second kappa shape index (κ2) is 5.71. The fraction of sp³-hybridized carbons (Fsp3) is 0.500. The maximum Gasteiger partial charge on any atom is 0.234 e. The summed E-state index contributed by atoms with van der Waals surface area (Å²) in [4.78, 5) is 12.5. The third-order valence-electron chi connectivity index (χ3n) is 3.76. The normalized spacial score (nSPS) is 25.6. The molecule has 0 radical (unpaired) electrons. The van der Waals surface area contributed by atoms with Gasteiger partial charge in [-0.15, -0.1) is 0 Å². The van der Waals surface area contributed by atoms with Gasteiger partial charge in [-0.3, -0.25) is 4.79 Å². The Labute approximate surface area is 126 Å². The number of rotatable bonds is 3. The largest absolute Gasteiger partial charge is 0.495 e. The molecule has 1 amide bonds. The Hall–Kier alpha value is -1.11. The zero-order chi connectivity index (χ0) is 14.9. The first-order chi connectivity index (χ1) is 9.38. The monoisotopic (exact) mass is 342 g/mol. The van der Waals surface area contributed by atoms with E-state index in [-0.39, 0.29) is 11.9 Å². The van der Waals surface area contributed by atoms with Gasteiger partial charge in [-0.05, 0) is 31.5 Å². The van der Waals surface area contributed by atoms with E-state index >= 15 is 0 Å². The van der Waals surface area contributed by atoms with Crippen LogP contribution in [0.3, 0.4) is 0 Å². The van der Waals surface area contributed by atoms with Crippen LogP contribution < -0.4 is 15.8 Å². The van der Waals surface area contributed by atoms with Gasteiger partial charge in [0.25, 0.3) is 0 Å². The number of halogens is 1. The SMILES string of the molecule is COc1cc(Br)cc(C)c1NC(=O)C1(C)COCC1N. The standard InChI is InChI=1S/C14H19BrN2O3/c1-8-4-9(15)5-10(19-3)12(8)17-13(18)14(2)7-20-6-11(14)16/h4-5,11H,6-7,16H2,1-3H3,(H,17,18). The van der Waals surface area contributed by atoms with Crippen LogP contribution in [0.4, 0.5) is 5.69 Å². The number of hydrogen-bond donors (Lipinski definition) is 2. The summed E-state index contributed by atoms with van der Waals surface area (Å²) in [5.41, 5.74) is 6.84. The van der Waals surface area contributed by atoms with Crippen LogP contribution in [-0.4, -0.2) is 32.3 Å². The van der Waals surface area contributed by atoms with Crippen LogP contribution in [0.2, 0.25) is 0 Å². The minimum Gasteiger partial charge on any atom is -0.495 e. The van der Waals surface area contributed by atoms with E-state index in [9.17, 15) is 4.79 Å². The molecule has 2 rings (SSSR count). The molecule has 0 saturated carbocycles. The number of anilines is 1. The van der Waals surface area contributed by atoms with Crippen LogP contribution in [0, 0.1) is 12.3 Å². The quantitative estimate of drug-likeness (QED) is 0.881. The second-order valence-corrected chi connectivity index (χ2v) is 6.21. The number of carbonyl (C=O) groups is 1. The third-order valence-corrected chi connectivity index (χ3v) is 4.22. The number of aryl methyl sites for hydroxylation is 1. The summed E-state index contributed by atoms with van der Waals surface area (Å²) in [5, 5.41) is 2.93. The molecule has 1 aromatic rings. The van der Waals surface area contributed by atoms with E-state index in [1.54, 1.807) is 7.11 Å². The summed E-state index contributed by atoms with van der Waals surface area (Å²) in [6.45, 7) is 4.47. The van der Waals surface area contributed by atoms with Gasteiger partial charge in [-0.25, -0.2) is 0 Å². The first kappa shape index (κ1) is 15.3. The predicted molar refractivity (Wildman–Crippen MR) is 81.0 cm³/mol. The lowest BCUT2D eigenvalue weighted by molar-refractivity contribution is -0.125. The Balaban J connectivity index is 2.28. The molecule has 1 aliphatic heterocycles. The number of nitrogens with one attached hydrogen (secondary N) is 1. The minimum atomic E-state index is -0.718. The van der Waals surface area contributed by atoms with Crippen molar-refractivity contribution in [3.63, 3.8) is 0 Å². The highest BCUT2D eigenvalue weighted by atomic mass is 79.9. The highest BCUT2D eigenvalue weighted by molar-refractivity contribution is 9.10. The number of benzene rings is 1. The fourth-order valence-corrected chi connectivity index (χ4v) is 2.76. The van der Waals surface area contributed by atoms with E-state index in [0.29, 0.717) is 24.7 Å². The fourth-order valence-electron chi connectivity index (χ4n) is 2.21. The molecule has 2 unspecified atom stereocenters. The van der Waals surface area contributed by atoms with Crippen molar-refractivity contribution in [1.29, 1.82) is 0 Å². The van der Waals surface area contributed by atoms with Crippen LogP contribution in [0.25, 0.3) is 0 Å². The number of carbonyl (C=O) groups excluding carboxylic acids is 1. The molecule has 2 atom stereocenters. The summed E-state index contributed by atoms with van der Waals surface area (Å²) in [5.74, 6) is 0.465. The number of methoxy groups -OCH3 is 1. The molecule has 1 fully saturated rings. The van der Waals surface area contributed by atoms with Crippen LogP contribution in [0.1, 0.15) is 12.5 Å². The molecule has 110 valence electrons. The Bertz CT molecular complexity index is 535. The highest BCUT2D eigenvalue weighted by Crippen LogP contribution is 2.35. The highest BCUT2D eigenvalue weighted by Gasteiger charge is 2.44. The lowest BCUT2D eigenvalue weighted by Gasteiger charge is -2.26. The van der Waals surface area contributed by atoms with Crippen molar-refractivity contribution in [1.82, 2.24) is 0 Å². The van der Waals surface area contributed by atoms with Gasteiger partial charge in [0.1, 0.15) is 5.75 Å². The molecule has 1 aliphatic rings. The van der Waals surface area contributed by atoms with Crippen molar-refractivity contribution in [2.75, 3.05) is 25.6 Å². The Morgan fingerprint density at radius 1 is 1.60 bits per heavy atom. The van der Waals surface area contributed by atoms with E-state index in [0.717, 1.165) is 10.0 Å². The van der Waals surface area contributed by atoms with E-state index in [1.807, 2.05) is 26.0 Å². The Morgan fingerprint density at radius 3 is 2.85 bits per heavy atom. The maximum atomic E-state index is 12.5. The summed E-state index contributed by atoms with van der Waals surface area (Å²) in [6.07, 6.45) is 0. The molecule has 1 heterocycles. The first-order valence-electron chi connectivity index (χ1n) is 6.37. The molecule has 1 saturated heterocycles. The summed E-state index contributed by atoms with van der Waals surface area (Å²) >= 11 is 3.41. The second-order valence-electron chi connectivity index (χ2n) is 5.29. The van der Waals surface area contributed by atoms with Crippen LogP contribution in [-0.2, 0) is 9.53 Å².